The zero-order chi connectivity index (χ0) is 18.5. The van der Waals surface area contributed by atoms with E-state index in [1.807, 2.05) is 32.0 Å². The van der Waals surface area contributed by atoms with Gasteiger partial charge in [-0.25, -0.2) is 9.97 Å². The molecule has 0 radical (unpaired) electrons. The zero-order valence-electron chi connectivity index (χ0n) is 14.9. The minimum Gasteiger partial charge on any atom is -0.497 e. The lowest BCUT2D eigenvalue weighted by Crippen LogP contribution is -2.14. The molecule has 0 aliphatic carbocycles. The van der Waals surface area contributed by atoms with Gasteiger partial charge in [0, 0.05) is 17.4 Å². The molecular formula is C20H20N4O2. The number of nitrogens with one attached hydrogen (secondary N) is 2. The molecule has 0 unspecified atom stereocenters. The van der Waals surface area contributed by atoms with Gasteiger partial charge in [-0.1, -0.05) is 23.8 Å². The van der Waals surface area contributed by atoms with E-state index in [9.17, 15) is 4.79 Å². The average Bonchev–Trinajstić information content (AvgIpc) is 2.64. The summed E-state index contributed by atoms with van der Waals surface area (Å²) in [6.45, 7) is 4.07. The average molecular weight is 348 g/mol. The number of hydrogen-bond acceptors (Lipinski definition) is 5. The van der Waals surface area contributed by atoms with Crippen LogP contribution in [0.3, 0.4) is 0 Å². The molecule has 1 heterocycles. The molecule has 2 aromatic carbocycles. The Hall–Kier alpha value is -3.41. The molecule has 0 saturated carbocycles. The van der Waals surface area contributed by atoms with Gasteiger partial charge in [-0.2, -0.15) is 0 Å². The fraction of sp³-hybridized carbons (Fsp3) is 0.150. The van der Waals surface area contributed by atoms with Crippen molar-refractivity contribution in [2.45, 2.75) is 13.8 Å². The highest BCUT2D eigenvalue weighted by molar-refractivity contribution is 6.02. The number of carbonyl (C=O) groups is 1. The maximum atomic E-state index is 12.3. The number of methoxy groups -OCH3 is 1. The summed E-state index contributed by atoms with van der Waals surface area (Å²) in [6, 6.07) is 13.2. The van der Waals surface area contributed by atoms with Gasteiger partial charge >= 0.3 is 0 Å². The molecule has 1 amide bonds. The first-order chi connectivity index (χ1) is 12.5. The summed E-state index contributed by atoms with van der Waals surface area (Å²) in [5.41, 5.74) is 4.14. The van der Waals surface area contributed by atoms with Gasteiger partial charge in [0.2, 0.25) is 0 Å². The van der Waals surface area contributed by atoms with E-state index in [0.717, 1.165) is 11.3 Å². The van der Waals surface area contributed by atoms with Crippen molar-refractivity contribution < 1.29 is 9.53 Å². The second-order valence-electron chi connectivity index (χ2n) is 5.92. The third kappa shape index (κ3) is 4.16. The lowest BCUT2D eigenvalue weighted by Gasteiger charge is -2.10. The van der Waals surface area contributed by atoms with Crippen LogP contribution in [0.2, 0.25) is 0 Å². The van der Waals surface area contributed by atoms with E-state index in [2.05, 4.69) is 26.7 Å². The lowest BCUT2D eigenvalue weighted by molar-refractivity contribution is 0.102. The minimum absolute atomic E-state index is 0.235. The summed E-state index contributed by atoms with van der Waals surface area (Å²) < 4.78 is 5.14. The number of anilines is 3. The molecule has 26 heavy (non-hydrogen) atoms. The summed E-state index contributed by atoms with van der Waals surface area (Å²) in [7, 11) is 1.58. The molecule has 3 rings (SSSR count). The van der Waals surface area contributed by atoms with Crippen LogP contribution in [0.5, 0.6) is 5.75 Å². The van der Waals surface area contributed by atoms with Gasteiger partial charge in [0.25, 0.3) is 5.91 Å². The second-order valence-corrected chi connectivity index (χ2v) is 5.92. The Labute approximate surface area is 152 Å². The molecule has 0 atom stereocenters. The van der Waals surface area contributed by atoms with Gasteiger partial charge in [-0.15, -0.1) is 0 Å². The lowest BCUT2D eigenvalue weighted by atomic mass is 10.1. The van der Waals surface area contributed by atoms with Gasteiger partial charge in [0.1, 0.15) is 17.3 Å². The van der Waals surface area contributed by atoms with Crippen molar-refractivity contribution in [2.24, 2.45) is 0 Å². The number of aryl methyl sites for hydroxylation is 2. The predicted molar refractivity (Wildman–Crippen MR) is 102 cm³/mol. The molecule has 2 N–H and O–H groups in total. The topological polar surface area (TPSA) is 76.1 Å². The van der Waals surface area contributed by atoms with Crippen LogP contribution in [-0.4, -0.2) is 23.0 Å². The van der Waals surface area contributed by atoms with E-state index in [-0.39, 0.29) is 11.6 Å². The molecule has 6 nitrogen and oxygen atoms in total. The highest BCUT2D eigenvalue weighted by Crippen LogP contribution is 2.20. The van der Waals surface area contributed by atoms with E-state index < -0.39 is 0 Å². The molecule has 3 aromatic rings. The third-order valence-electron chi connectivity index (χ3n) is 3.86. The maximum absolute atomic E-state index is 12.3. The first-order valence-corrected chi connectivity index (χ1v) is 8.17. The van der Waals surface area contributed by atoms with Gasteiger partial charge in [0.15, 0.2) is 0 Å². The highest BCUT2D eigenvalue weighted by atomic mass is 16.5. The summed E-state index contributed by atoms with van der Waals surface area (Å²) in [5, 5.41) is 5.98. The van der Waals surface area contributed by atoms with Crippen LogP contribution in [0.25, 0.3) is 0 Å². The van der Waals surface area contributed by atoms with Gasteiger partial charge < -0.3 is 15.4 Å². The van der Waals surface area contributed by atoms with Crippen LogP contribution in [-0.2, 0) is 0 Å². The molecular weight excluding hydrogens is 328 g/mol. The van der Waals surface area contributed by atoms with Gasteiger partial charge in [-0.3, -0.25) is 4.79 Å². The van der Waals surface area contributed by atoms with Crippen molar-refractivity contribution in [2.75, 3.05) is 17.7 Å². The van der Waals surface area contributed by atoms with E-state index in [1.165, 1.54) is 11.8 Å². The minimum atomic E-state index is -0.330. The van der Waals surface area contributed by atoms with Crippen LogP contribution < -0.4 is 15.4 Å². The van der Waals surface area contributed by atoms with Crippen molar-refractivity contribution >= 4 is 23.1 Å². The van der Waals surface area contributed by atoms with Gasteiger partial charge in [0.05, 0.1) is 19.5 Å². The van der Waals surface area contributed by atoms with E-state index >= 15 is 0 Å². The van der Waals surface area contributed by atoms with Crippen LogP contribution in [0.1, 0.15) is 21.6 Å². The summed E-state index contributed by atoms with van der Waals surface area (Å²) in [6.07, 6.45) is 2.99. The fourth-order valence-electron chi connectivity index (χ4n) is 2.50. The largest absolute Gasteiger partial charge is 0.497 e. The van der Waals surface area contributed by atoms with Crippen molar-refractivity contribution in [3.8, 4) is 5.75 Å². The standard InChI is InChI=1S/C20H20N4O2/c1-13-7-8-17(14(2)9-13)24-19-12-21-18(11-22-19)20(25)23-15-5-4-6-16(10-15)26-3/h4-12H,1-3H3,(H,22,24)(H,23,25). The number of hydrogen-bond donors (Lipinski definition) is 2. The van der Waals surface area contributed by atoms with Crippen molar-refractivity contribution in [1.82, 2.24) is 9.97 Å². The number of carbonyl (C=O) groups excluding carboxylic acids is 1. The Balaban J connectivity index is 1.69. The normalized spacial score (nSPS) is 10.3. The number of amides is 1. The van der Waals surface area contributed by atoms with E-state index in [0.29, 0.717) is 17.3 Å². The summed E-state index contributed by atoms with van der Waals surface area (Å²) >= 11 is 0. The quantitative estimate of drug-likeness (QED) is 0.726. The van der Waals surface area contributed by atoms with Crippen LogP contribution >= 0.6 is 0 Å². The smallest absolute Gasteiger partial charge is 0.275 e. The van der Waals surface area contributed by atoms with Crippen LogP contribution in [0.4, 0.5) is 17.2 Å². The number of rotatable bonds is 5. The Morgan fingerprint density at radius 3 is 2.58 bits per heavy atom. The van der Waals surface area contributed by atoms with Crippen molar-refractivity contribution in [3.63, 3.8) is 0 Å². The molecule has 1 aromatic heterocycles. The molecule has 132 valence electrons. The molecule has 0 fully saturated rings. The van der Waals surface area contributed by atoms with Crippen LogP contribution in [0, 0.1) is 13.8 Å². The second kappa shape index (κ2) is 7.65. The van der Waals surface area contributed by atoms with Crippen molar-refractivity contribution in [1.29, 1.82) is 0 Å². The fourth-order valence-corrected chi connectivity index (χ4v) is 2.50. The predicted octanol–water partition coefficient (Wildman–Crippen LogP) is 4.10. The number of nitrogens with zero attached hydrogens (tertiary/aromatic N) is 2. The monoisotopic (exact) mass is 348 g/mol. The first-order valence-electron chi connectivity index (χ1n) is 8.17. The van der Waals surface area contributed by atoms with Gasteiger partial charge in [-0.05, 0) is 37.6 Å². The Kier molecular flexibility index (Phi) is 5.12. The highest BCUT2D eigenvalue weighted by Gasteiger charge is 2.09. The maximum Gasteiger partial charge on any atom is 0.275 e. The van der Waals surface area contributed by atoms with Crippen molar-refractivity contribution in [3.05, 3.63) is 71.7 Å². The number of ether oxygens (including phenoxy) is 1. The summed E-state index contributed by atoms with van der Waals surface area (Å²) in [4.78, 5) is 20.8. The Bertz CT molecular complexity index is 923. The molecule has 0 bridgehead atoms. The van der Waals surface area contributed by atoms with E-state index in [4.69, 9.17) is 4.74 Å². The number of aromatic nitrogens is 2. The molecule has 0 aliphatic heterocycles. The Morgan fingerprint density at radius 2 is 1.88 bits per heavy atom. The molecule has 0 saturated heterocycles. The van der Waals surface area contributed by atoms with Crippen LogP contribution in [0.15, 0.2) is 54.9 Å². The third-order valence-corrected chi connectivity index (χ3v) is 3.86. The van der Waals surface area contributed by atoms with E-state index in [1.54, 1.807) is 31.5 Å². The molecule has 0 spiro atoms. The first kappa shape index (κ1) is 17.4. The Morgan fingerprint density at radius 1 is 1.04 bits per heavy atom. The number of benzene rings is 2. The molecule has 6 heteroatoms. The summed E-state index contributed by atoms with van der Waals surface area (Å²) in [5.74, 6) is 0.917. The molecule has 0 aliphatic rings. The zero-order valence-corrected chi connectivity index (χ0v) is 14.9. The SMILES string of the molecule is COc1cccc(NC(=O)c2cnc(Nc3ccc(C)cc3C)cn2)c1.